The largest absolute Gasteiger partial charge is 0.481 e. The first-order valence-corrected chi connectivity index (χ1v) is 7.57. The second kappa shape index (κ2) is 5.52. The maximum atomic E-state index is 12.8. The summed E-state index contributed by atoms with van der Waals surface area (Å²) in [5.41, 5.74) is -0.813. The molecule has 0 aromatic carbocycles. The SMILES string of the molecule is C=CC[C@@H]1N(CCCOC)C(=O)[C@H]2[C@@H](C(=O)O)[C@H]3C=C[C@]12O3. The normalized spacial score (nSPS) is 38.6. The first-order valence-electron chi connectivity index (χ1n) is 7.57. The number of nitrogens with zero attached hydrogens (tertiary/aromatic N) is 1. The molecule has 1 N–H and O–H groups in total. The van der Waals surface area contributed by atoms with E-state index in [1.807, 2.05) is 6.08 Å². The first-order chi connectivity index (χ1) is 10.6. The van der Waals surface area contributed by atoms with Crippen LogP contribution in [0.25, 0.3) is 0 Å². The molecule has 3 rings (SSSR count). The van der Waals surface area contributed by atoms with Gasteiger partial charge in [0, 0.05) is 20.3 Å². The average molecular weight is 307 g/mol. The fourth-order valence-electron chi connectivity index (χ4n) is 4.12. The Balaban J connectivity index is 1.92. The van der Waals surface area contributed by atoms with E-state index in [4.69, 9.17) is 9.47 Å². The standard InChI is InChI=1S/C16H21NO5/c1-3-5-11-16-7-6-10(22-16)12(15(19)20)13(16)14(18)17(11)8-4-9-21-2/h3,6-7,10-13H,1,4-5,8-9H2,2H3,(H,19,20)/t10-,11+,12+,13-,16+/m1/s1. The maximum Gasteiger partial charge on any atom is 0.310 e. The van der Waals surface area contributed by atoms with Crippen molar-refractivity contribution in [2.24, 2.45) is 11.8 Å². The van der Waals surface area contributed by atoms with E-state index < -0.39 is 29.5 Å². The summed E-state index contributed by atoms with van der Waals surface area (Å²) in [5.74, 6) is -2.52. The summed E-state index contributed by atoms with van der Waals surface area (Å²) in [6, 6.07) is -0.190. The van der Waals surface area contributed by atoms with Crippen LogP contribution >= 0.6 is 0 Å². The first kappa shape index (κ1) is 15.2. The summed E-state index contributed by atoms with van der Waals surface area (Å²) < 4.78 is 11.0. The van der Waals surface area contributed by atoms with E-state index >= 15 is 0 Å². The molecular weight excluding hydrogens is 286 g/mol. The van der Waals surface area contributed by atoms with Crippen LogP contribution in [0.3, 0.4) is 0 Å². The van der Waals surface area contributed by atoms with Gasteiger partial charge in [-0.2, -0.15) is 0 Å². The number of methoxy groups -OCH3 is 1. The van der Waals surface area contributed by atoms with Gasteiger partial charge in [0.25, 0.3) is 0 Å². The minimum atomic E-state index is -0.967. The summed E-state index contributed by atoms with van der Waals surface area (Å²) in [5, 5.41) is 9.49. The smallest absolute Gasteiger partial charge is 0.310 e. The molecule has 3 aliphatic rings. The van der Waals surface area contributed by atoms with Crippen molar-refractivity contribution >= 4 is 11.9 Å². The zero-order valence-electron chi connectivity index (χ0n) is 12.6. The van der Waals surface area contributed by atoms with Crippen molar-refractivity contribution in [3.63, 3.8) is 0 Å². The molecule has 5 atom stereocenters. The van der Waals surface area contributed by atoms with Crippen LogP contribution in [0.4, 0.5) is 0 Å². The van der Waals surface area contributed by atoms with Gasteiger partial charge in [-0.15, -0.1) is 6.58 Å². The van der Waals surface area contributed by atoms with Crippen LogP contribution in [-0.4, -0.2) is 59.9 Å². The van der Waals surface area contributed by atoms with E-state index in [1.165, 1.54) is 0 Å². The monoisotopic (exact) mass is 307 g/mol. The zero-order valence-corrected chi connectivity index (χ0v) is 12.6. The number of carboxylic acids is 1. The molecule has 0 aromatic heterocycles. The van der Waals surface area contributed by atoms with Gasteiger partial charge in [-0.25, -0.2) is 0 Å². The number of aliphatic carboxylic acids is 1. The van der Waals surface area contributed by atoms with E-state index in [9.17, 15) is 14.7 Å². The lowest BCUT2D eigenvalue weighted by molar-refractivity contribution is -0.148. The highest BCUT2D eigenvalue weighted by Gasteiger charge is 2.70. The van der Waals surface area contributed by atoms with Crippen LogP contribution in [0.5, 0.6) is 0 Å². The fourth-order valence-corrected chi connectivity index (χ4v) is 4.12. The molecule has 2 saturated heterocycles. The Hall–Kier alpha value is -1.66. The highest BCUT2D eigenvalue weighted by molar-refractivity contribution is 5.91. The summed E-state index contributed by atoms with van der Waals surface area (Å²) in [6.07, 6.45) is 6.24. The van der Waals surface area contributed by atoms with E-state index in [2.05, 4.69) is 6.58 Å². The maximum absolute atomic E-state index is 12.8. The third kappa shape index (κ3) is 1.94. The molecule has 0 aromatic rings. The van der Waals surface area contributed by atoms with E-state index in [1.54, 1.807) is 24.2 Å². The molecule has 0 aliphatic carbocycles. The van der Waals surface area contributed by atoms with Gasteiger partial charge in [0.2, 0.25) is 5.91 Å². The molecule has 1 spiro atoms. The van der Waals surface area contributed by atoms with Crippen LogP contribution in [0.1, 0.15) is 12.8 Å². The summed E-state index contributed by atoms with van der Waals surface area (Å²) >= 11 is 0. The number of carbonyl (C=O) groups is 2. The van der Waals surface area contributed by atoms with Crippen molar-refractivity contribution in [1.82, 2.24) is 4.90 Å². The molecule has 3 heterocycles. The Kier molecular flexibility index (Phi) is 3.82. The number of carbonyl (C=O) groups excluding carboxylic acids is 1. The van der Waals surface area contributed by atoms with Gasteiger partial charge >= 0.3 is 5.97 Å². The van der Waals surface area contributed by atoms with Crippen LogP contribution in [0, 0.1) is 11.8 Å². The quantitative estimate of drug-likeness (QED) is 0.557. The second-order valence-corrected chi connectivity index (χ2v) is 6.05. The van der Waals surface area contributed by atoms with Crippen molar-refractivity contribution in [2.75, 3.05) is 20.3 Å². The lowest BCUT2D eigenvalue weighted by Gasteiger charge is -2.32. The molecule has 0 unspecified atom stereocenters. The summed E-state index contributed by atoms with van der Waals surface area (Å²) in [4.78, 5) is 26.2. The number of fused-ring (bicyclic) bond motifs is 1. The third-order valence-corrected chi connectivity index (χ3v) is 4.95. The number of carboxylic acid groups (broad SMARTS) is 1. The molecule has 6 nitrogen and oxygen atoms in total. The molecule has 6 heteroatoms. The molecule has 3 aliphatic heterocycles. The number of amides is 1. The van der Waals surface area contributed by atoms with Crippen molar-refractivity contribution < 1.29 is 24.2 Å². The Morgan fingerprint density at radius 3 is 3.05 bits per heavy atom. The fraction of sp³-hybridized carbons (Fsp3) is 0.625. The molecule has 0 radical (unpaired) electrons. The van der Waals surface area contributed by atoms with E-state index in [0.29, 0.717) is 26.0 Å². The Bertz CT molecular complexity index is 531. The van der Waals surface area contributed by atoms with Crippen molar-refractivity contribution in [3.8, 4) is 0 Å². The number of ether oxygens (including phenoxy) is 2. The highest BCUT2D eigenvalue weighted by Crippen LogP contribution is 2.55. The van der Waals surface area contributed by atoms with Crippen LogP contribution in [0.15, 0.2) is 24.8 Å². The van der Waals surface area contributed by atoms with Crippen LogP contribution in [0.2, 0.25) is 0 Å². The molecular formula is C16H21NO5. The molecule has 2 bridgehead atoms. The van der Waals surface area contributed by atoms with E-state index in [0.717, 1.165) is 0 Å². The highest BCUT2D eigenvalue weighted by atomic mass is 16.5. The number of rotatable bonds is 7. The third-order valence-electron chi connectivity index (χ3n) is 4.95. The molecule has 0 saturated carbocycles. The van der Waals surface area contributed by atoms with Crippen LogP contribution < -0.4 is 0 Å². The summed E-state index contributed by atoms with van der Waals surface area (Å²) in [6.45, 7) is 4.87. The lowest BCUT2D eigenvalue weighted by Crippen LogP contribution is -2.45. The van der Waals surface area contributed by atoms with Gasteiger partial charge in [-0.05, 0) is 12.8 Å². The van der Waals surface area contributed by atoms with Crippen molar-refractivity contribution in [3.05, 3.63) is 24.8 Å². The minimum absolute atomic E-state index is 0.123. The van der Waals surface area contributed by atoms with Gasteiger partial charge in [-0.3, -0.25) is 9.59 Å². The minimum Gasteiger partial charge on any atom is -0.481 e. The molecule has 1 amide bonds. The molecule has 2 fully saturated rings. The van der Waals surface area contributed by atoms with Crippen molar-refractivity contribution in [1.29, 1.82) is 0 Å². The number of hydrogen-bond donors (Lipinski definition) is 1. The van der Waals surface area contributed by atoms with Crippen LogP contribution in [-0.2, 0) is 19.1 Å². The van der Waals surface area contributed by atoms with Gasteiger partial charge < -0.3 is 19.5 Å². The lowest BCUT2D eigenvalue weighted by atomic mass is 9.74. The number of hydrogen-bond acceptors (Lipinski definition) is 4. The second-order valence-electron chi connectivity index (χ2n) is 6.05. The topological polar surface area (TPSA) is 76.1 Å². The molecule has 120 valence electrons. The Morgan fingerprint density at radius 2 is 2.41 bits per heavy atom. The number of likely N-dealkylation sites (tertiary alicyclic amines) is 1. The average Bonchev–Trinajstić information content (AvgIpc) is 3.11. The predicted octanol–water partition coefficient (Wildman–Crippen LogP) is 0.834. The van der Waals surface area contributed by atoms with Crippen molar-refractivity contribution in [2.45, 2.75) is 30.6 Å². The Morgan fingerprint density at radius 1 is 1.64 bits per heavy atom. The summed E-state index contributed by atoms with van der Waals surface area (Å²) in [7, 11) is 1.62. The van der Waals surface area contributed by atoms with Gasteiger partial charge in [-0.1, -0.05) is 18.2 Å². The van der Waals surface area contributed by atoms with Gasteiger partial charge in [0.1, 0.15) is 11.5 Å². The van der Waals surface area contributed by atoms with Gasteiger partial charge in [0.05, 0.1) is 18.1 Å². The molecule has 22 heavy (non-hydrogen) atoms. The Labute approximate surface area is 129 Å². The zero-order chi connectivity index (χ0) is 15.9. The van der Waals surface area contributed by atoms with E-state index in [-0.39, 0.29) is 11.9 Å². The predicted molar refractivity (Wildman–Crippen MR) is 78.2 cm³/mol. The van der Waals surface area contributed by atoms with Gasteiger partial charge in [0.15, 0.2) is 0 Å².